The van der Waals surface area contributed by atoms with Gasteiger partial charge in [-0.1, -0.05) is 15.9 Å². The van der Waals surface area contributed by atoms with Gasteiger partial charge in [0, 0.05) is 17.6 Å². The molecule has 1 aliphatic rings. The standard InChI is InChI=1S/C13H16BrFN2O2/c1-9(17-4-6-19-7-5-17)13(18)16-12-3-2-10(14)8-11(12)15/h2-3,8-9H,4-7H2,1H3,(H,16,18)/t9-/m0/s1. The Morgan fingerprint density at radius 3 is 2.79 bits per heavy atom. The first-order valence-electron chi connectivity index (χ1n) is 6.15. The van der Waals surface area contributed by atoms with E-state index in [4.69, 9.17) is 4.74 Å². The predicted octanol–water partition coefficient (Wildman–Crippen LogP) is 2.25. The average Bonchev–Trinajstić information content (AvgIpc) is 2.42. The van der Waals surface area contributed by atoms with Gasteiger partial charge in [0.1, 0.15) is 5.82 Å². The summed E-state index contributed by atoms with van der Waals surface area (Å²) >= 11 is 3.18. The SMILES string of the molecule is C[C@@H](C(=O)Nc1ccc(Br)cc1F)N1CCOCC1. The van der Waals surface area contributed by atoms with Crippen LogP contribution in [0.15, 0.2) is 22.7 Å². The van der Waals surface area contributed by atoms with Gasteiger partial charge in [-0.2, -0.15) is 0 Å². The average molecular weight is 331 g/mol. The number of benzene rings is 1. The number of ether oxygens (including phenoxy) is 1. The van der Waals surface area contributed by atoms with Crippen molar-refractivity contribution in [1.29, 1.82) is 0 Å². The molecule has 0 aliphatic carbocycles. The van der Waals surface area contributed by atoms with E-state index in [0.29, 0.717) is 17.7 Å². The van der Waals surface area contributed by atoms with E-state index >= 15 is 0 Å². The first-order valence-corrected chi connectivity index (χ1v) is 6.95. The molecule has 19 heavy (non-hydrogen) atoms. The third-order valence-corrected chi connectivity index (χ3v) is 3.66. The van der Waals surface area contributed by atoms with E-state index in [1.807, 2.05) is 11.8 Å². The Morgan fingerprint density at radius 2 is 2.16 bits per heavy atom. The Bertz CT molecular complexity index is 464. The van der Waals surface area contributed by atoms with Gasteiger partial charge >= 0.3 is 0 Å². The number of nitrogens with one attached hydrogen (secondary N) is 1. The van der Waals surface area contributed by atoms with Crippen molar-refractivity contribution in [2.75, 3.05) is 31.6 Å². The summed E-state index contributed by atoms with van der Waals surface area (Å²) < 4.78 is 19.5. The van der Waals surface area contributed by atoms with E-state index in [-0.39, 0.29) is 17.6 Å². The summed E-state index contributed by atoms with van der Waals surface area (Å²) in [7, 11) is 0. The summed E-state index contributed by atoms with van der Waals surface area (Å²) in [6.45, 7) is 4.51. The molecule has 1 aromatic carbocycles. The number of rotatable bonds is 3. The van der Waals surface area contributed by atoms with Gasteiger partial charge in [-0.25, -0.2) is 4.39 Å². The molecule has 1 saturated heterocycles. The highest BCUT2D eigenvalue weighted by molar-refractivity contribution is 9.10. The molecule has 0 radical (unpaired) electrons. The van der Waals surface area contributed by atoms with E-state index in [1.165, 1.54) is 6.07 Å². The smallest absolute Gasteiger partial charge is 0.241 e. The molecule has 4 nitrogen and oxygen atoms in total. The number of anilines is 1. The van der Waals surface area contributed by atoms with Crippen molar-refractivity contribution in [3.63, 3.8) is 0 Å². The predicted molar refractivity (Wildman–Crippen MR) is 74.6 cm³/mol. The highest BCUT2D eigenvalue weighted by Gasteiger charge is 2.23. The Morgan fingerprint density at radius 1 is 1.47 bits per heavy atom. The maximum Gasteiger partial charge on any atom is 0.241 e. The van der Waals surface area contributed by atoms with Crippen LogP contribution >= 0.6 is 15.9 Å². The van der Waals surface area contributed by atoms with Crippen molar-refractivity contribution in [2.45, 2.75) is 13.0 Å². The third kappa shape index (κ3) is 3.75. The van der Waals surface area contributed by atoms with Crippen molar-refractivity contribution in [1.82, 2.24) is 4.90 Å². The van der Waals surface area contributed by atoms with Crippen LogP contribution in [-0.2, 0) is 9.53 Å². The topological polar surface area (TPSA) is 41.6 Å². The summed E-state index contributed by atoms with van der Waals surface area (Å²) in [5.74, 6) is -0.653. The quantitative estimate of drug-likeness (QED) is 0.924. The van der Waals surface area contributed by atoms with Crippen LogP contribution in [0.2, 0.25) is 0 Å². The zero-order chi connectivity index (χ0) is 13.8. The second-order valence-electron chi connectivity index (χ2n) is 4.44. The first-order chi connectivity index (χ1) is 9.08. The van der Waals surface area contributed by atoms with Crippen LogP contribution in [0.25, 0.3) is 0 Å². The number of carbonyl (C=O) groups is 1. The van der Waals surface area contributed by atoms with Gasteiger partial charge in [0.15, 0.2) is 0 Å². The van der Waals surface area contributed by atoms with E-state index in [2.05, 4.69) is 21.2 Å². The third-order valence-electron chi connectivity index (χ3n) is 3.16. The fourth-order valence-corrected chi connectivity index (χ4v) is 2.29. The lowest BCUT2D eigenvalue weighted by Gasteiger charge is -2.31. The lowest BCUT2D eigenvalue weighted by molar-refractivity contribution is -0.122. The zero-order valence-corrected chi connectivity index (χ0v) is 12.2. The molecule has 104 valence electrons. The zero-order valence-electron chi connectivity index (χ0n) is 10.7. The maximum absolute atomic E-state index is 13.6. The molecule has 1 N–H and O–H groups in total. The largest absolute Gasteiger partial charge is 0.379 e. The Balaban J connectivity index is 1.99. The fourth-order valence-electron chi connectivity index (χ4n) is 1.96. The van der Waals surface area contributed by atoms with Gasteiger partial charge in [-0.15, -0.1) is 0 Å². The van der Waals surface area contributed by atoms with Crippen LogP contribution in [0.4, 0.5) is 10.1 Å². The molecule has 1 aromatic rings. The molecule has 0 saturated carbocycles. The number of carbonyl (C=O) groups excluding carboxylic acids is 1. The van der Waals surface area contributed by atoms with Crippen LogP contribution in [0.5, 0.6) is 0 Å². The van der Waals surface area contributed by atoms with Crippen LogP contribution in [0.3, 0.4) is 0 Å². The molecule has 1 heterocycles. The molecule has 1 atom stereocenters. The molecule has 0 unspecified atom stereocenters. The minimum absolute atomic E-state index is 0.202. The molecule has 0 bridgehead atoms. The lowest BCUT2D eigenvalue weighted by Crippen LogP contribution is -2.47. The van der Waals surface area contributed by atoms with Gasteiger partial charge in [0.2, 0.25) is 5.91 Å². The van der Waals surface area contributed by atoms with Gasteiger partial charge < -0.3 is 10.1 Å². The fraction of sp³-hybridized carbons (Fsp3) is 0.462. The number of hydrogen-bond acceptors (Lipinski definition) is 3. The number of hydrogen-bond donors (Lipinski definition) is 1. The number of nitrogens with zero attached hydrogens (tertiary/aromatic N) is 1. The van der Waals surface area contributed by atoms with Crippen molar-refractivity contribution < 1.29 is 13.9 Å². The van der Waals surface area contributed by atoms with Gasteiger partial charge in [-0.3, -0.25) is 9.69 Å². The van der Waals surface area contributed by atoms with Gasteiger partial charge in [-0.05, 0) is 25.1 Å². The van der Waals surface area contributed by atoms with E-state index < -0.39 is 5.82 Å². The van der Waals surface area contributed by atoms with Gasteiger partial charge in [0.25, 0.3) is 0 Å². The molecular weight excluding hydrogens is 315 g/mol. The second kappa shape index (κ2) is 6.45. The summed E-state index contributed by atoms with van der Waals surface area (Å²) in [5.41, 5.74) is 0.202. The monoisotopic (exact) mass is 330 g/mol. The van der Waals surface area contributed by atoms with Crippen molar-refractivity contribution >= 4 is 27.5 Å². The highest BCUT2D eigenvalue weighted by atomic mass is 79.9. The molecule has 1 fully saturated rings. The Hall–Kier alpha value is -0.980. The summed E-state index contributed by atoms with van der Waals surface area (Å²) in [6, 6.07) is 4.27. The van der Waals surface area contributed by atoms with Crippen LogP contribution in [0, 0.1) is 5.82 Å². The first kappa shape index (κ1) is 14.4. The van der Waals surface area contributed by atoms with E-state index in [1.54, 1.807) is 12.1 Å². The maximum atomic E-state index is 13.6. The van der Waals surface area contributed by atoms with Crippen molar-refractivity contribution in [3.8, 4) is 0 Å². The van der Waals surface area contributed by atoms with Crippen molar-refractivity contribution in [3.05, 3.63) is 28.5 Å². The molecular formula is C13H16BrFN2O2. The minimum Gasteiger partial charge on any atom is -0.379 e. The summed E-state index contributed by atoms with van der Waals surface area (Å²) in [5, 5.41) is 2.62. The minimum atomic E-state index is -0.447. The van der Waals surface area contributed by atoms with Crippen LogP contribution in [-0.4, -0.2) is 43.2 Å². The summed E-state index contributed by atoms with van der Waals surface area (Å²) in [4.78, 5) is 14.1. The van der Waals surface area contributed by atoms with Crippen LogP contribution in [0.1, 0.15) is 6.92 Å². The number of halogens is 2. The molecule has 0 spiro atoms. The molecule has 0 aromatic heterocycles. The molecule has 2 rings (SSSR count). The number of amides is 1. The normalized spacial score (nSPS) is 18.1. The molecule has 1 amide bonds. The second-order valence-corrected chi connectivity index (χ2v) is 5.35. The Kier molecular flexibility index (Phi) is 4.90. The van der Waals surface area contributed by atoms with E-state index in [9.17, 15) is 9.18 Å². The Labute approximate surface area is 120 Å². The van der Waals surface area contributed by atoms with E-state index in [0.717, 1.165) is 13.1 Å². The summed E-state index contributed by atoms with van der Waals surface area (Å²) in [6.07, 6.45) is 0. The lowest BCUT2D eigenvalue weighted by atomic mass is 10.2. The molecule has 1 aliphatic heterocycles. The van der Waals surface area contributed by atoms with Crippen LogP contribution < -0.4 is 5.32 Å². The highest BCUT2D eigenvalue weighted by Crippen LogP contribution is 2.19. The van der Waals surface area contributed by atoms with Gasteiger partial charge in [0.05, 0.1) is 24.9 Å². The number of morpholine rings is 1. The molecule has 6 heteroatoms. The van der Waals surface area contributed by atoms with Crippen molar-refractivity contribution in [2.24, 2.45) is 0 Å².